The first kappa shape index (κ1) is 47.3. The number of anilines is 1. The predicted octanol–water partition coefficient (Wildman–Crippen LogP) is 4.79. The standard InChI is InChI=1S/C48H60N14O6/c1-7-61-37(23-30(3)55-61)45-51-29-35-34-25-32(43(49)63)27-39(68-22-12-20-66-6)41(34)59(46(35)53-45)14-9-10-15-60-42-36(52-48(60)54-47(65)38-24-31(4)56-62(38)8-2)26-33(44(50)64)28-40(42)67-21-11-13-58-18-16-57(5)17-19-58/h9-10,23-29H,7-8,11-22H2,1-6H3,(H2,49,63)(H2,50,64)(H,52,54,65). The molecule has 3 amide bonds. The Bertz CT molecular complexity index is 3010. The van der Waals surface area contributed by atoms with Crippen molar-refractivity contribution >= 4 is 56.6 Å². The maximum absolute atomic E-state index is 14.0. The largest absolute Gasteiger partial charge is 0.491 e. The molecule has 0 unspecified atom stereocenters. The molecule has 5 aromatic heterocycles. The Hall–Kier alpha value is -7.16. The van der Waals surface area contributed by atoms with E-state index in [0.717, 1.165) is 50.5 Å². The quantitative estimate of drug-likeness (QED) is 0.0651. The van der Waals surface area contributed by atoms with Gasteiger partial charge in [0.1, 0.15) is 34.1 Å². The highest BCUT2D eigenvalue weighted by atomic mass is 16.5. The number of methoxy groups -OCH3 is 1. The first-order valence-electron chi connectivity index (χ1n) is 23.0. The van der Waals surface area contributed by atoms with Crippen LogP contribution in [0.25, 0.3) is 44.5 Å². The molecule has 0 atom stereocenters. The summed E-state index contributed by atoms with van der Waals surface area (Å²) in [6.45, 7) is 15.4. The minimum absolute atomic E-state index is 0.226. The third-order valence-electron chi connectivity index (χ3n) is 12.1. The van der Waals surface area contributed by atoms with Gasteiger partial charge in [-0.2, -0.15) is 10.2 Å². The van der Waals surface area contributed by atoms with Gasteiger partial charge in [-0.25, -0.2) is 15.0 Å². The van der Waals surface area contributed by atoms with Gasteiger partial charge < -0.3 is 44.6 Å². The summed E-state index contributed by atoms with van der Waals surface area (Å²) in [4.78, 5) is 58.9. The molecule has 7 aromatic rings. The zero-order valence-corrected chi connectivity index (χ0v) is 39.6. The van der Waals surface area contributed by atoms with Crippen LogP contribution in [0.5, 0.6) is 11.5 Å². The highest BCUT2D eigenvalue weighted by Gasteiger charge is 2.24. The summed E-state index contributed by atoms with van der Waals surface area (Å²) in [5.41, 5.74) is 17.2. The number of nitrogens with zero attached hydrogens (tertiary/aromatic N) is 11. The van der Waals surface area contributed by atoms with Crippen molar-refractivity contribution in [3.8, 4) is 23.0 Å². The highest BCUT2D eigenvalue weighted by Crippen LogP contribution is 2.37. The van der Waals surface area contributed by atoms with Gasteiger partial charge in [0, 0.05) is 107 Å². The van der Waals surface area contributed by atoms with E-state index >= 15 is 0 Å². The summed E-state index contributed by atoms with van der Waals surface area (Å²) < 4.78 is 25.5. The summed E-state index contributed by atoms with van der Waals surface area (Å²) >= 11 is 0. The van der Waals surface area contributed by atoms with E-state index in [1.165, 1.54) is 0 Å². The van der Waals surface area contributed by atoms with Crippen LogP contribution in [-0.4, -0.2) is 138 Å². The van der Waals surface area contributed by atoms with E-state index in [0.29, 0.717) is 108 Å². The molecule has 0 bridgehead atoms. The van der Waals surface area contributed by atoms with Gasteiger partial charge in [0.05, 0.1) is 35.6 Å². The lowest BCUT2D eigenvalue weighted by atomic mass is 10.1. The highest BCUT2D eigenvalue weighted by molar-refractivity contribution is 6.12. The van der Waals surface area contributed by atoms with Gasteiger partial charge >= 0.3 is 0 Å². The second-order valence-corrected chi connectivity index (χ2v) is 17.0. The van der Waals surface area contributed by atoms with Crippen LogP contribution in [0.2, 0.25) is 0 Å². The molecule has 2 aromatic carbocycles. The molecule has 1 aliphatic heterocycles. The molecule has 0 spiro atoms. The number of imidazole rings is 1. The van der Waals surface area contributed by atoms with E-state index < -0.39 is 17.7 Å². The number of aromatic nitrogens is 9. The minimum Gasteiger partial charge on any atom is -0.491 e. The molecule has 20 heteroatoms. The van der Waals surface area contributed by atoms with Crippen LogP contribution in [-0.2, 0) is 30.9 Å². The van der Waals surface area contributed by atoms with Crippen molar-refractivity contribution in [3.63, 3.8) is 0 Å². The van der Waals surface area contributed by atoms with Gasteiger partial charge in [-0.15, -0.1) is 0 Å². The Morgan fingerprint density at radius 3 is 2.09 bits per heavy atom. The van der Waals surface area contributed by atoms with E-state index in [9.17, 15) is 14.4 Å². The molecule has 1 aliphatic rings. The number of aryl methyl sites for hydroxylation is 4. The molecule has 0 radical (unpaired) electrons. The summed E-state index contributed by atoms with van der Waals surface area (Å²) in [5.74, 6) is -0.0218. The van der Waals surface area contributed by atoms with Gasteiger partial charge in [0.25, 0.3) is 5.91 Å². The molecule has 358 valence electrons. The number of nitrogens with one attached hydrogen (secondary N) is 1. The number of ether oxygens (including phenoxy) is 3. The number of hydrogen-bond donors (Lipinski definition) is 3. The topological polar surface area (TPSA) is 234 Å². The number of primary amides is 2. The van der Waals surface area contributed by atoms with Crippen molar-refractivity contribution in [2.45, 2.75) is 66.7 Å². The molecule has 5 N–H and O–H groups in total. The van der Waals surface area contributed by atoms with Crippen LogP contribution in [0.3, 0.4) is 0 Å². The van der Waals surface area contributed by atoms with E-state index in [1.807, 2.05) is 59.7 Å². The second-order valence-electron chi connectivity index (χ2n) is 17.0. The molecule has 0 aliphatic carbocycles. The summed E-state index contributed by atoms with van der Waals surface area (Å²) in [6.07, 6.45) is 7.08. The average molecular weight is 929 g/mol. The van der Waals surface area contributed by atoms with Crippen molar-refractivity contribution in [1.29, 1.82) is 0 Å². The van der Waals surface area contributed by atoms with Crippen molar-refractivity contribution in [2.24, 2.45) is 11.5 Å². The third kappa shape index (κ3) is 10.1. The number of rotatable bonds is 21. The number of carbonyl (C=O) groups excluding carboxylic acids is 3. The molecule has 8 rings (SSSR count). The van der Waals surface area contributed by atoms with E-state index in [-0.39, 0.29) is 23.6 Å². The Morgan fingerprint density at radius 2 is 1.40 bits per heavy atom. The fraction of sp³-hybridized carbons (Fsp3) is 0.417. The smallest absolute Gasteiger partial charge is 0.276 e. The zero-order chi connectivity index (χ0) is 48.1. The number of likely N-dealkylation sites (N-methyl/N-ethyl adjacent to an activating group) is 1. The minimum atomic E-state index is -0.631. The number of allylic oxidation sites excluding steroid dienone is 2. The van der Waals surface area contributed by atoms with E-state index in [1.54, 1.807) is 48.3 Å². The van der Waals surface area contributed by atoms with Gasteiger partial charge in [-0.3, -0.25) is 29.1 Å². The Morgan fingerprint density at radius 1 is 0.750 bits per heavy atom. The lowest BCUT2D eigenvalue weighted by molar-refractivity contribution is 0.0991. The van der Waals surface area contributed by atoms with Gasteiger partial charge in [0.15, 0.2) is 5.82 Å². The number of amides is 3. The van der Waals surface area contributed by atoms with Crippen molar-refractivity contribution in [1.82, 2.24) is 53.4 Å². The molecular weight excluding hydrogens is 869 g/mol. The summed E-state index contributed by atoms with van der Waals surface area (Å²) in [7, 11) is 3.76. The molecule has 1 saturated heterocycles. The average Bonchev–Trinajstić information content (AvgIpc) is 4.09. The lowest BCUT2D eigenvalue weighted by Crippen LogP contribution is -2.44. The number of hydrogen-bond acceptors (Lipinski definition) is 13. The van der Waals surface area contributed by atoms with Crippen LogP contribution < -0.4 is 26.3 Å². The monoisotopic (exact) mass is 928 g/mol. The number of carbonyl (C=O) groups is 3. The molecular formula is C48H60N14O6. The fourth-order valence-corrected chi connectivity index (χ4v) is 8.66. The molecule has 1 fully saturated rings. The number of fused-ring (bicyclic) bond motifs is 4. The Balaban J connectivity index is 1.20. The van der Waals surface area contributed by atoms with Crippen LogP contribution in [0, 0.1) is 13.8 Å². The first-order chi connectivity index (χ1) is 32.9. The zero-order valence-electron chi connectivity index (χ0n) is 39.6. The third-order valence-corrected chi connectivity index (χ3v) is 12.1. The van der Waals surface area contributed by atoms with Crippen molar-refractivity contribution in [2.75, 3.05) is 72.0 Å². The van der Waals surface area contributed by atoms with Crippen LogP contribution in [0.4, 0.5) is 5.95 Å². The molecule has 68 heavy (non-hydrogen) atoms. The van der Waals surface area contributed by atoms with Crippen molar-refractivity contribution < 1.29 is 28.6 Å². The summed E-state index contributed by atoms with van der Waals surface area (Å²) in [6, 6.07) is 10.3. The van der Waals surface area contributed by atoms with Crippen LogP contribution in [0.15, 0.2) is 54.7 Å². The van der Waals surface area contributed by atoms with Crippen LogP contribution >= 0.6 is 0 Å². The maximum atomic E-state index is 14.0. The lowest BCUT2D eigenvalue weighted by Gasteiger charge is -2.32. The number of nitrogens with two attached hydrogens (primary N) is 2. The van der Waals surface area contributed by atoms with Gasteiger partial charge in [0.2, 0.25) is 17.8 Å². The second kappa shape index (κ2) is 20.8. The Kier molecular flexibility index (Phi) is 14.5. The van der Waals surface area contributed by atoms with Crippen LogP contribution in [0.1, 0.15) is 69.3 Å². The molecule has 6 heterocycles. The normalized spacial score (nSPS) is 13.7. The molecule has 20 nitrogen and oxygen atoms in total. The van der Waals surface area contributed by atoms with E-state index in [2.05, 4.69) is 32.4 Å². The van der Waals surface area contributed by atoms with E-state index in [4.69, 9.17) is 40.6 Å². The number of piperazine rings is 1. The maximum Gasteiger partial charge on any atom is 0.276 e. The van der Waals surface area contributed by atoms with Crippen molar-refractivity contribution in [3.05, 3.63) is 83.0 Å². The summed E-state index contributed by atoms with van der Waals surface area (Å²) in [5, 5.41) is 13.5. The van der Waals surface area contributed by atoms with Gasteiger partial charge in [-0.1, -0.05) is 12.2 Å². The Labute approximate surface area is 393 Å². The predicted molar refractivity (Wildman–Crippen MR) is 259 cm³/mol. The molecule has 0 saturated carbocycles. The van der Waals surface area contributed by atoms with Gasteiger partial charge in [-0.05, 0) is 77.6 Å². The number of benzene rings is 2. The fourth-order valence-electron chi connectivity index (χ4n) is 8.66. The SMILES string of the molecule is CCn1nc(C)cc1C(=O)Nc1nc2cc(C(N)=O)cc(OCCCN3CCN(C)CC3)c2n1CC=CCn1c2nc(-c3cc(C)nn3CC)ncc2c2cc(C(N)=O)cc(OCCCOC)c21. The first-order valence-corrected chi connectivity index (χ1v) is 23.0.